The second kappa shape index (κ2) is 9.28. The molecular weight excluding hydrogens is 434 g/mol. The molecule has 0 unspecified atom stereocenters. The predicted octanol–water partition coefficient (Wildman–Crippen LogP) is 2.83. The average molecular weight is 464 g/mol. The Morgan fingerprint density at radius 2 is 2.06 bits per heavy atom. The Kier molecular flexibility index (Phi) is 6.66. The summed E-state index contributed by atoms with van der Waals surface area (Å²) in [7, 11) is -1.33. The standard InChI is InChI=1S/C21H29N5O3S2/c1-15-6-3-4-8-18(15)26-20(16-7-5-10-22-12-16)23-24-21(26)30-13-19(27)25(2)17-9-11-31(28,29)14-17/h5,7,10,12,15,17-18H,3-4,6,8-9,11,13-14H2,1-2H3/t15-,17+,18+/m1/s1. The molecule has 31 heavy (non-hydrogen) atoms. The minimum absolute atomic E-state index is 0.0564. The number of hydrogen-bond donors (Lipinski definition) is 0. The van der Waals surface area contributed by atoms with Crippen LogP contribution in [0.25, 0.3) is 11.4 Å². The molecule has 0 radical (unpaired) electrons. The highest BCUT2D eigenvalue weighted by atomic mass is 32.2. The summed E-state index contributed by atoms with van der Waals surface area (Å²) < 4.78 is 25.7. The van der Waals surface area contributed by atoms with Crippen molar-refractivity contribution in [1.82, 2.24) is 24.6 Å². The fourth-order valence-corrected chi connectivity index (χ4v) is 7.25. The lowest BCUT2D eigenvalue weighted by molar-refractivity contribution is -0.128. The summed E-state index contributed by atoms with van der Waals surface area (Å²) in [5.41, 5.74) is 0.916. The molecule has 0 spiro atoms. The summed E-state index contributed by atoms with van der Waals surface area (Å²) in [6, 6.07) is 3.92. The largest absolute Gasteiger partial charge is 0.341 e. The van der Waals surface area contributed by atoms with Gasteiger partial charge < -0.3 is 4.90 Å². The number of thioether (sulfide) groups is 1. The Morgan fingerprint density at radius 3 is 2.74 bits per heavy atom. The molecule has 1 amide bonds. The monoisotopic (exact) mass is 463 g/mol. The summed E-state index contributed by atoms with van der Waals surface area (Å²) in [6.07, 6.45) is 8.67. The van der Waals surface area contributed by atoms with Gasteiger partial charge in [-0.05, 0) is 37.3 Å². The molecule has 8 nitrogen and oxygen atoms in total. The summed E-state index contributed by atoms with van der Waals surface area (Å²) in [4.78, 5) is 18.6. The van der Waals surface area contributed by atoms with Crippen molar-refractivity contribution < 1.29 is 13.2 Å². The van der Waals surface area contributed by atoms with E-state index in [2.05, 4.69) is 26.7 Å². The van der Waals surface area contributed by atoms with Crippen LogP contribution in [0.1, 0.15) is 45.1 Å². The van der Waals surface area contributed by atoms with Crippen molar-refractivity contribution in [1.29, 1.82) is 0 Å². The Morgan fingerprint density at radius 1 is 1.26 bits per heavy atom. The minimum atomic E-state index is -3.03. The van der Waals surface area contributed by atoms with Crippen molar-refractivity contribution in [3.63, 3.8) is 0 Å². The Bertz CT molecular complexity index is 1020. The van der Waals surface area contributed by atoms with Crippen molar-refractivity contribution in [2.24, 2.45) is 5.92 Å². The first-order chi connectivity index (χ1) is 14.9. The third kappa shape index (κ3) is 4.95. The van der Waals surface area contributed by atoms with E-state index in [9.17, 15) is 13.2 Å². The van der Waals surface area contributed by atoms with E-state index < -0.39 is 9.84 Å². The zero-order chi connectivity index (χ0) is 22.0. The molecule has 1 saturated heterocycles. The lowest BCUT2D eigenvalue weighted by Crippen LogP contribution is -2.38. The topological polar surface area (TPSA) is 98.1 Å². The van der Waals surface area contributed by atoms with Crippen molar-refractivity contribution in [3.05, 3.63) is 24.5 Å². The molecule has 10 heteroatoms. The van der Waals surface area contributed by atoms with E-state index in [1.165, 1.54) is 24.6 Å². The Labute approximate surface area is 187 Å². The maximum atomic E-state index is 12.8. The van der Waals surface area contributed by atoms with E-state index in [0.29, 0.717) is 12.3 Å². The maximum absolute atomic E-state index is 12.8. The maximum Gasteiger partial charge on any atom is 0.233 e. The molecule has 2 aromatic heterocycles. The van der Waals surface area contributed by atoms with Crippen LogP contribution in [0.15, 0.2) is 29.7 Å². The number of carbonyl (C=O) groups excluding carboxylic acids is 1. The van der Waals surface area contributed by atoms with Gasteiger partial charge in [-0.15, -0.1) is 10.2 Å². The number of amides is 1. The first-order valence-corrected chi connectivity index (χ1v) is 13.6. The van der Waals surface area contributed by atoms with Crippen molar-refractivity contribution in [2.75, 3.05) is 24.3 Å². The molecule has 0 bridgehead atoms. The van der Waals surface area contributed by atoms with Crippen LogP contribution in [0.5, 0.6) is 0 Å². The van der Waals surface area contributed by atoms with E-state index in [0.717, 1.165) is 29.4 Å². The molecule has 3 atom stereocenters. The van der Waals surface area contributed by atoms with Crippen LogP contribution in [-0.4, -0.2) is 69.3 Å². The molecule has 2 fully saturated rings. The molecule has 0 N–H and O–H groups in total. The smallest absolute Gasteiger partial charge is 0.233 e. The first kappa shape index (κ1) is 22.3. The molecule has 0 aromatic carbocycles. The zero-order valence-corrected chi connectivity index (χ0v) is 19.6. The Hall–Kier alpha value is -1.94. The molecule has 2 aromatic rings. The number of nitrogens with zero attached hydrogens (tertiary/aromatic N) is 5. The average Bonchev–Trinajstić information content (AvgIpc) is 3.35. The van der Waals surface area contributed by atoms with Gasteiger partial charge in [-0.25, -0.2) is 8.42 Å². The van der Waals surface area contributed by atoms with Gasteiger partial charge in [-0.3, -0.25) is 14.3 Å². The lowest BCUT2D eigenvalue weighted by atomic mass is 9.85. The molecule has 2 aliphatic rings. The summed E-state index contributed by atoms with van der Waals surface area (Å²) in [5.74, 6) is 1.63. The van der Waals surface area contributed by atoms with Crippen LogP contribution >= 0.6 is 11.8 Å². The highest BCUT2D eigenvalue weighted by Gasteiger charge is 2.33. The van der Waals surface area contributed by atoms with Crippen LogP contribution in [0, 0.1) is 5.92 Å². The van der Waals surface area contributed by atoms with Crippen LogP contribution in [-0.2, 0) is 14.6 Å². The third-order valence-electron chi connectivity index (χ3n) is 6.46. The van der Waals surface area contributed by atoms with E-state index in [1.54, 1.807) is 24.3 Å². The number of sulfone groups is 1. The number of pyridine rings is 1. The highest BCUT2D eigenvalue weighted by molar-refractivity contribution is 7.99. The van der Waals surface area contributed by atoms with Gasteiger partial charge >= 0.3 is 0 Å². The third-order valence-corrected chi connectivity index (χ3v) is 9.13. The molecule has 1 saturated carbocycles. The SMILES string of the molecule is C[C@@H]1CCCC[C@@H]1n1c(SCC(=O)N(C)[C@H]2CCS(=O)(=O)C2)nnc1-c1cccnc1. The van der Waals surface area contributed by atoms with E-state index >= 15 is 0 Å². The number of hydrogen-bond acceptors (Lipinski definition) is 7. The predicted molar refractivity (Wildman–Crippen MR) is 120 cm³/mol. The van der Waals surface area contributed by atoms with Gasteiger partial charge in [-0.2, -0.15) is 0 Å². The number of aromatic nitrogens is 4. The van der Waals surface area contributed by atoms with Crippen LogP contribution in [0.4, 0.5) is 0 Å². The summed E-state index contributed by atoms with van der Waals surface area (Å²) in [5, 5.41) is 9.63. The van der Waals surface area contributed by atoms with Gasteiger partial charge in [0, 0.05) is 37.1 Å². The van der Waals surface area contributed by atoms with Gasteiger partial charge in [0.2, 0.25) is 5.91 Å². The van der Waals surface area contributed by atoms with Gasteiger partial charge in [0.15, 0.2) is 20.8 Å². The molecule has 1 aliphatic heterocycles. The normalized spacial score (nSPS) is 25.4. The second-order valence-electron chi connectivity index (χ2n) is 8.60. The molecule has 1 aliphatic carbocycles. The van der Waals surface area contributed by atoms with Gasteiger partial charge in [0.05, 0.1) is 17.3 Å². The van der Waals surface area contributed by atoms with Crippen LogP contribution < -0.4 is 0 Å². The lowest BCUT2D eigenvalue weighted by Gasteiger charge is -2.31. The molecule has 4 rings (SSSR count). The quantitative estimate of drug-likeness (QED) is 0.608. The van der Waals surface area contributed by atoms with E-state index in [4.69, 9.17) is 0 Å². The fraction of sp³-hybridized carbons (Fsp3) is 0.619. The molecule has 168 valence electrons. The summed E-state index contributed by atoms with van der Waals surface area (Å²) >= 11 is 1.38. The minimum Gasteiger partial charge on any atom is -0.341 e. The van der Waals surface area contributed by atoms with Gasteiger partial charge in [0.1, 0.15) is 0 Å². The first-order valence-electron chi connectivity index (χ1n) is 10.8. The Balaban J connectivity index is 1.54. The van der Waals surface area contributed by atoms with Gasteiger partial charge in [0.25, 0.3) is 0 Å². The van der Waals surface area contributed by atoms with E-state index in [1.807, 2.05) is 12.1 Å². The fourth-order valence-electron chi connectivity index (χ4n) is 4.56. The summed E-state index contributed by atoms with van der Waals surface area (Å²) in [6.45, 7) is 2.27. The zero-order valence-electron chi connectivity index (χ0n) is 18.0. The molecular formula is C21H29N5O3S2. The van der Waals surface area contributed by atoms with Crippen molar-refractivity contribution >= 4 is 27.5 Å². The second-order valence-corrected chi connectivity index (χ2v) is 11.8. The van der Waals surface area contributed by atoms with Crippen molar-refractivity contribution in [3.8, 4) is 11.4 Å². The van der Waals surface area contributed by atoms with Crippen LogP contribution in [0.3, 0.4) is 0 Å². The van der Waals surface area contributed by atoms with Gasteiger partial charge in [-0.1, -0.05) is 31.5 Å². The van der Waals surface area contributed by atoms with Crippen LogP contribution in [0.2, 0.25) is 0 Å². The number of carbonyl (C=O) groups is 1. The molecule has 3 heterocycles. The number of rotatable bonds is 6. The van der Waals surface area contributed by atoms with Crippen molar-refractivity contribution in [2.45, 2.75) is 56.3 Å². The van der Waals surface area contributed by atoms with E-state index in [-0.39, 0.29) is 35.2 Å². The highest BCUT2D eigenvalue weighted by Crippen LogP contribution is 2.39.